The van der Waals surface area contributed by atoms with Gasteiger partial charge in [-0.25, -0.2) is 0 Å². The molecule has 198 valence electrons. The van der Waals surface area contributed by atoms with Gasteiger partial charge in [-0.2, -0.15) is 18.2 Å². The second kappa shape index (κ2) is 9.49. The van der Waals surface area contributed by atoms with Crippen LogP contribution in [0.2, 0.25) is 0 Å². The molecule has 7 nitrogen and oxygen atoms in total. The topological polar surface area (TPSA) is 95.5 Å². The lowest BCUT2D eigenvalue weighted by Crippen LogP contribution is -2.63. The predicted octanol–water partition coefficient (Wildman–Crippen LogP) is 4.44. The minimum absolute atomic E-state index is 0.0948. The Morgan fingerprint density at radius 3 is 2.35 bits per heavy atom. The van der Waals surface area contributed by atoms with E-state index in [0.29, 0.717) is 54.3 Å². The molecule has 10 heteroatoms. The summed E-state index contributed by atoms with van der Waals surface area (Å²) in [5, 5.41) is 26.2. The fraction of sp³-hybridized carbons (Fsp3) is 0.519. The molecule has 1 saturated heterocycles. The van der Waals surface area contributed by atoms with Gasteiger partial charge < -0.3 is 19.6 Å². The molecule has 1 aromatic carbocycles. The lowest BCUT2D eigenvalue weighted by molar-refractivity contribution is -0.128. The average molecular weight is 517 g/mol. The summed E-state index contributed by atoms with van der Waals surface area (Å²) >= 11 is 0. The van der Waals surface area contributed by atoms with Crippen molar-refractivity contribution in [2.75, 3.05) is 20.1 Å². The van der Waals surface area contributed by atoms with Crippen LogP contribution >= 0.6 is 0 Å². The first-order valence-electron chi connectivity index (χ1n) is 12.5. The SMILES string of the molecule is CN1CC(C)([C@](O)(c2ccc(CC(F)(F)F)cc2)c2cncc(-c3noc([C@H]4CC[C@H](O)CC4)n3)c2)C1. The number of nitrogens with zero attached hydrogens (tertiary/aromatic N) is 4. The molecule has 0 bridgehead atoms. The molecule has 2 N–H and O–H groups in total. The van der Waals surface area contributed by atoms with Crippen LogP contribution in [0.5, 0.6) is 0 Å². The third-order valence-corrected chi connectivity index (χ3v) is 7.79. The Labute approximate surface area is 213 Å². The van der Waals surface area contributed by atoms with Crippen LogP contribution < -0.4 is 0 Å². The van der Waals surface area contributed by atoms with Crippen LogP contribution in [-0.4, -0.2) is 62.7 Å². The lowest BCUT2D eigenvalue weighted by atomic mass is 9.62. The van der Waals surface area contributed by atoms with Crippen molar-refractivity contribution in [3.63, 3.8) is 0 Å². The van der Waals surface area contributed by atoms with E-state index in [1.54, 1.807) is 30.6 Å². The molecule has 37 heavy (non-hydrogen) atoms. The third kappa shape index (κ3) is 5.02. The van der Waals surface area contributed by atoms with Crippen LogP contribution in [0.25, 0.3) is 11.4 Å². The van der Waals surface area contributed by atoms with Crippen LogP contribution in [0, 0.1) is 5.41 Å². The summed E-state index contributed by atoms with van der Waals surface area (Å²) in [6, 6.07) is 7.76. The Balaban J connectivity index is 1.48. The Bertz CT molecular complexity index is 1230. The number of halogens is 3. The van der Waals surface area contributed by atoms with E-state index in [2.05, 4.69) is 20.0 Å². The van der Waals surface area contributed by atoms with Crippen molar-refractivity contribution in [2.45, 2.75) is 62.8 Å². The minimum Gasteiger partial charge on any atom is -0.393 e. The summed E-state index contributed by atoms with van der Waals surface area (Å²) in [5.41, 5.74) is -0.383. The summed E-state index contributed by atoms with van der Waals surface area (Å²) in [6.45, 7) is 3.16. The first kappa shape index (κ1) is 25.8. The zero-order chi connectivity index (χ0) is 26.4. The first-order chi connectivity index (χ1) is 17.5. The number of likely N-dealkylation sites (tertiary alicyclic amines) is 1. The number of hydrogen-bond acceptors (Lipinski definition) is 7. The van der Waals surface area contributed by atoms with Gasteiger partial charge in [0.15, 0.2) is 0 Å². The molecular formula is C27H31F3N4O3. The van der Waals surface area contributed by atoms with Gasteiger partial charge in [0.1, 0.15) is 5.60 Å². The maximum Gasteiger partial charge on any atom is 0.393 e. The number of aromatic nitrogens is 3. The van der Waals surface area contributed by atoms with E-state index in [0.717, 1.165) is 12.8 Å². The Kier molecular flexibility index (Phi) is 6.62. The molecule has 1 aliphatic heterocycles. The number of rotatable bonds is 6. The number of aliphatic hydroxyl groups excluding tert-OH is 1. The summed E-state index contributed by atoms with van der Waals surface area (Å²) in [7, 11) is 1.95. The number of benzene rings is 1. The van der Waals surface area contributed by atoms with Crippen molar-refractivity contribution in [1.82, 2.24) is 20.0 Å². The van der Waals surface area contributed by atoms with Crippen molar-refractivity contribution >= 4 is 0 Å². The van der Waals surface area contributed by atoms with Gasteiger partial charge in [-0.3, -0.25) is 4.98 Å². The molecule has 2 fully saturated rings. The molecule has 0 spiro atoms. The van der Waals surface area contributed by atoms with Gasteiger partial charge in [-0.05, 0) is 49.9 Å². The quantitative estimate of drug-likeness (QED) is 0.500. The molecular weight excluding hydrogens is 485 g/mol. The average Bonchev–Trinajstić information content (AvgIpc) is 3.33. The molecule has 2 aliphatic rings. The summed E-state index contributed by atoms with van der Waals surface area (Å²) in [6.07, 6.45) is 0.510. The maximum absolute atomic E-state index is 12.9. The monoisotopic (exact) mass is 516 g/mol. The fourth-order valence-electron chi connectivity index (χ4n) is 5.93. The van der Waals surface area contributed by atoms with Crippen molar-refractivity contribution in [2.24, 2.45) is 5.41 Å². The lowest BCUT2D eigenvalue weighted by Gasteiger charge is -2.55. The number of pyridine rings is 1. The van der Waals surface area contributed by atoms with Gasteiger partial charge in [-0.1, -0.05) is 36.3 Å². The van der Waals surface area contributed by atoms with E-state index in [1.165, 1.54) is 12.1 Å². The van der Waals surface area contributed by atoms with Crippen molar-refractivity contribution in [3.8, 4) is 11.4 Å². The zero-order valence-electron chi connectivity index (χ0n) is 20.9. The number of alkyl halides is 3. The highest BCUT2D eigenvalue weighted by Crippen LogP contribution is 2.50. The van der Waals surface area contributed by atoms with Crippen LogP contribution in [0.4, 0.5) is 13.2 Å². The smallest absolute Gasteiger partial charge is 0.393 e. The van der Waals surface area contributed by atoms with Crippen LogP contribution in [-0.2, 0) is 12.0 Å². The summed E-state index contributed by atoms with van der Waals surface area (Å²) in [4.78, 5) is 11.0. The van der Waals surface area contributed by atoms with Gasteiger partial charge in [0.05, 0.1) is 12.5 Å². The summed E-state index contributed by atoms with van der Waals surface area (Å²) < 4.78 is 44.2. The van der Waals surface area contributed by atoms with Gasteiger partial charge in [0.2, 0.25) is 11.7 Å². The molecule has 5 rings (SSSR count). The van der Waals surface area contributed by atoms with Crippen LogP contribution in [0.3, 0.4) is 0 Å². The molecule has 1 aliphatic carbocycles. The van der Waals surface area contributed by atoms with E-state index in [1.807, 2.05) is 14.0 Å². The maximum atomic E-state index is 12.9. The minimum atomic E-state index is -4.31. The molecule has 0 unspecified atom stereocenters. The third-order valence-electron chi connectivity index (χ3n) is 7.79. The summed E-state index contributed by atoms with van der Waals surface area (Å²) in [5.74, 6) is 0.974. The van der Waals surface area contributed by atoms with Crippen molar-refractivity contribution in [1.29, 1.82) is 0 Å². The molecule has 0 radical (unpaired) electrons. The second-order valence-corrected chi connectivity index (χ2v) is 10.9. The molecule has 3 heterocycles. The van der Waals surface area contributed by atoms with Gasteiger partial charge >= 0.3 is 6.18 Å². The molecule has 0 amide bonds. The normalized spacial score (nSPS) is 23.9. The molecule has 2 aromatic heterocycles. The van der Waals surface area contributed by atoms with E-state index in [4.69, 9.17) is 4.52 Å². The number of hydrogen-bond donors (Lipinski definition) is 2. The van der Waals surface area contributed by atoms with Crippen molar-refractivity contribution < 1.29 is 27.9 Å². The Morgan fingerprint density at radius 2 is 1.73 bits per heavy atom. The van der Waals surface area contributed by atoms with E-state index >= 15 is 0 Å². The predicted molar refractivity (Wildman–Crippen MR) is 130 cm³/mol. The zero-order valence-corrected chi connectivity index (χ0v) is 20.9. The highest BCUT2D eigenvalue weighted by atomic mass is 19.4. The Hall–Kier alpha value is -2.82. The molecule has 1 atom stereocenters. The van der Waals surface area contributed by atoms with Crippen molar-refractivity contribution in [3.05, 3.63) is 65.3 Å². The van der Waals surface area contributed by atoms with Crippen LogP contribution in [0.15, 0.2) is 47.2 Å². The van der Waals surface area contributed by atoms with E-state index < -0.39 is 23.6 Å². The molecule has 3 aromatic rings. The standard InChI is InChI=1S/C27H31F3N4O3/c1-25(15-34(2)16-25)27(36,20-7-3-17(4-8-20)12-26(28,29)30)21-11-19(13-31-14-21)23-32-24(37-33-23)18-5-9-22(35)10-6-18/h3-4,7-8,11,13-14,18,22,35-36H,5-6,9-10,12,15-16H2,1-2H3/t18-,22-,27-/m0/s1. The fourth-order valence-corrected chi connectivity index (χ4v) is 5.93. The van der Waals surface area contributed by atoms with Crippen LogP contribution in [0.1, 0.15) is 61.1 Å². The largest absolute Gasteiger partial charge is 0.393 e. The van der Waals surface area contributed by atoms with E-state index in [9.17, 15) is 23.4 Å². The number of aliphatic hydroxyl groups is 2. The van der Waals surface area contributed by atoms with Gasteiger partial charge in [0, 0.05) is 47.9 Å². The highest BCUT2D eigenvalue weighted by molar-refractivity contribution is 5.56. The Morgan fingerprint density at radius 1 is 1.05 bits per heavy atom. The van der Waals surface area contributed by atoms with Gasteiger partial charge in [-0.15, -0.1) is 0 Å². The highest BCUT2D eigenvalue weighted by Gasteiger charge is 2.55. The van der Waals surface area contributed by atoms with Gasteiger partial charge in [0.25, 0.3) is 0 Å². The first-order valence-corrected chi connectivity index (χ1v) is 12.5. The molecule has 1 saturated carbocycles. The second-order valence-electron chi connectivity index (χ2n) is 10.9. The van der Waals surface area contributed by atoms with E-state index in [-0.39, 0.29) is 17.6 Å².